The zero-order valence-corrected chi connectivity index (χ0v) is 9.16. The molecule has 1 aromatic carbocycles. The van der Waals surface area contributed by atoms with E-state index >= 15 is 0 Å². The van der Waals surface area contributed by atoms with E-state index < -0.39 is 0 Å². The van der Waals surface area contributed by atoms with Gasteiger partial charge >= 0.3 is 0 Å². The van der Waals surface area contributed by atoms with Gasteiger partial charge in [0.2, 0.25) is 0 Å². The van der Waals surface area contributed by atoms with Gasteiger partial charge in [0.25, 0.3) is 0 Å². The van der Waals surface area contributed by atoms with Crippen molar-refractivity contribution in [2.45, 2.75) is 26.0 Å². The second kappa shape index (κ2) is 5.78. The molecule has 0 fully saturated rings. The first-order valence-electron chi connectivity index (χ1n) is 5.05. The van der Waals surface area contributed by atoms with Crippen molar-refractivity contribution in [1.82, 2.24) is 5.32 Å². The van der Waals surface area contributed by atoms with Crippen LogP contribution in [0.15, 0.2) is 30.3 Å². The van der Waals surface area contributed by atoms with Gasteiger partial charge in [-0.15, -0.1) is 0 Å². The van der Waals surface area contributed by atoms with E-state index in [2.05, 4.69) is 43.4 Å². The molecule has 0 aromatic heterocycles. The van der Waals surface area contributed by atoms with E-state index in [0.717, 1.165) is 6.54 Å². The average molecular weight is 193 g/mol. The van der Waals surface area contributed by atoms with Crippen LogP contribution in [0.3, 0.4) is 0 Å². The van der Waals surface area contributed by atoms with Gasteiger partial charge in [0.1, 0.15) is 0 Å². The van der Waals surface area contributed by atoms with E-state index in [1.165, 1.54) is 5.56 Å². The molecule has 78 valence electrons. The minimum atomic E-state index is 0.265. The van der Waals surface area contributed by atoms with Crippen LogP contribution < -0.4 is 5.32 Å². The maximum absolute atomic E-state index is 5.17. The van der Waals surface area contributed by atoms with Gasteiger partial charge in [-0.3, -0.25) is 0 Å². The van der Waals surface area contributed by atoms with Crippen molar-refractivity contribution in [3.8, 4) is 0 Å². The fraction of sp³-hybridized carbons (Fsp3) is 0.500. The van der Waals surface area contributed by atoms with E-state index in [9.17, 15) is 0 Å². The summed E-state index contributed by atoms with van der Waals surface area (Å²) >= 11 is 0. The molecule has 2 atom stereocenters. The molecule has 0 spiro atoms. The molecule has 0 aliphatic carbocycles. The molecule has 1 rings (SSSR count). The third kappa shape index (κ3) is 3.48. The number of ether oxygens (including phenoxy) is 1. The lowest BCUT2D eigenvalue weighted by atomic mass is 10.1. The summed E-state index contributed by atoms with van der Waals surface area (Å²) in [6, 6.07) is 10.8. The molecule has 2 heteroatoms. The normalized spacial score (nSPS) is 15.1. The second-order valence-electron chi connectivity index (χ2n) is 3.59. The Hall–Kier alpha value is -0.860. The molecule has 0 saturated carbocycles. The largest absolute Gasteiger partial charge is 0.380 e. The van der Waals surface area contributed by atoms with E-state index in [4.69, 9.17) is 4.74 Å². The van der Waals surface area contributed by atoms with Gasteiger partial charge in [-0.05, 0) is 19.4 Å². The number of rotatable bonds is 5. The number of hydrogen-bond donors (Lipinski definition) is 1. The number of hydrogen-bond acceptors (Lipinski definition) is 2. The van der Waals surface area contributed by atoms with Crippen LogP contribution in [0.1, 0.15) is 25.5 Å². The summed E-state index contributed by atoms with van der Waals surface area (Å²) in [6.45, 7) is 5.11. The summed E-state index contributed by atoms with van der Waals surface area (Å²) < 4.78 is 5.17. The van der Waals surface area contributed by atoms with Crippen LogP contribution in [-0.4, -0.2) is 19.8 Å². The van der Waals surface area contributed by atoms with Gasteiger partial charge in [-0.2, -0.15) is 0 Å². The summed E-state index contributed by atoms with van der Waals surface area (Å²) in [4.78, 5) is 0. The smallest absolute Gasteiger partial charge is 0.0667 e. The molecule has 14 heavy (non-hydrogen) atoms. The fourth-order valence-electron chi connectivity index (χ4n) is 1.29. The molecule has 0 radical (unpaired) electrons. The van der Waals surface area contributed by atoms with Gasteiger partial charge in [-0.1, -0.05) is 30.3 Å². The molecule has 0 aliphatic heterocycles. The average Bonchev–Trinajstić information content (AvgIpc) is 2.26. The lowest BCUT2D eigenvalue weighted by Gasteiger charge is -2.17. The minimum Gasteiger partial charge on any atom is -0.380 e. The number of nitrogens with one attached hydrogen (secondary N) is 1. The predicted molar refractivity (Wildman–Crippen MR) is 59.3 cm³/mol. The van der Waals surface area contributed by atoms with E-state index in [1.54, 1.807) is 7.11 Å². The Bertz CT molecular complexity index is 248. The predicted octanol–water partition coefficient (Wildman–Crippen LogP) is 2.37. The second-order valence-corrected chi connectivity index (χ2v) is 3.59. The van der Waals surface area contributed by atoms with Gasteiger partial charge in [-0.25, -0.2) is 0 Å². The van der Waals surface area contributed by atoms with Crippen LogP contribution in [0.5, 0.6) is 0 Å². The Morgan fingerprint density at radius 3 is 2.43 bits per heavy atom. The quantitative estimate of drug-likeness (QED) is 0.775. The number of methoxy groups -OCH3 is 1. The van der Waals surface area contributed by atoms with Crippen LogP contribution in [0.4, 0.5) is 0 Å². The Balaban J connectivity index is 2.39. The van der Waals surface area contributed by atoms with Crippen molar-refractivity contribution < 1.29 is 4.74 Å². The van der Waals surface area contributed by atoms with Gasteiger partial charge < -0.3 is 10.1 Å². The van der Waals surface area contributed by atoms with Crippen molar-refractivity contribution in [3.05, 3.63) is 35.9 Å². The molecule has 0 saturated heterocycles. The maximum atomic E-state index is 5.17. The molecule has 1 N–H and O–H groups in total. The molecule has 0 bridgehead atoms. The maximum Gasteiger partial charge on any atom is 0.0667 e. The van der Waals surface area contributed by atoms with E-state index in [0.29, 0.717) is 6.04 Å². The molecule has 2 nitrogen and oxygen atoms in total. The van der Waals surface area contributed by atoms with Crippen molar-refractivity contribution >= 4 is 0 Å². The molecule has 1 aromatic rings. The monoisotopic (exact) mass is 193 g/mol. The van der Waals surface area contributed by atoms with Gasteiger partial charge in [0.15, 0.2) is 0 Å². The van der Waals surface area contributed by atoms with E-state index in [-0.39, 0.29) is 6.10 Å². The molecular weight excluding hydrogens is 174 g/mol. The molecule has 0 aliphatic rings. The Kier molecular flexibility index (Phi) is 4.63. The summed E-state index contributed by atoms with van der Waals surface area (Å²) in [5, 5.41) is 3.42. The molecular formula is C12H19NO. The standard InChI is InChI=1S/C12H19NO/c1-10(14-3)9-13-11(2)12-7-5-4-6-8-12/h4-8,10-11,13H,9H2,1-3H3/t10?,11-/m0/s1. The Morgan fingerprint density at radius 1 is 1.21 bits per heavy atom. The third-order valence-electron chi connectivity index (χ3n) is 2.41. The first-order chi connectivity index (χ1) is 6.74. The SMILES string of the molecule is COC(C)CN[C@@H](C)c1ccccc1. The van der Waals surface area contributed by atoms with Crippen molar-refractivity contribution in [2.24, 2.45) is 0 Å². The van der Waals surface area contributed by atoms with E-state index in [1.807, 2.05) is 6.07 Å². The Morgan fingerprint density at radius 2 is 1.86 bits per heavy atom. The minimum absolute atomic E-state index is 0.265. The van der Waals surface area contributed by atoms with Crippen LogP contribution in [-0.2, 0) is 4.74 Å². The zero-order chi connectivity index (χ0) is 10.4. The lowest BCUT2D eigenvalue weighted by molar-refractivity contribution is 0.115. The summed E-state index contributed by atoms with van der Waals surface area (Å²) in [5.74, 6) is 0. The van der Waals surface area contributed by atoms with Crippen LogP contribution in [0.25, 0.3) is 0 Å². The zero-order valence-electron chi connectivity index (χ0n) is 9.16. The summed E-state index contributed by atoms with van der Waals surface area (Å²) in [5.41, 5.74) is 1.32. The summed E-state index contributed by atoms with van der Waals surface area (Å²) in [6.07, 6.45) is 0.265. The number of benzene rings is 1. The highest BCUT2D eigenvalue weighted by molar-refractivity contribution is 5.17. The Labute approximate surface area is 86.3 Å². The van der Waals surface area contributed by atoms with Crippen molar-refractivity contribution in [3.63, 3.8) is 0 Å². The highest BCUT2D eigenvalue weighted by atomic mass is 16.5. The first-order valence-corrected chi connectivity index (χ1v) is 5.05. The highest BCUT2D eigenvalue weighted by Gasteiger charge is 2.05. The van der Waals surface area contributed by atoms with Crippen LogP contribution >= 0.6 is 0 Å². The van der Waals surface area contributed by atoms with Gasteiger partial charge in [0, 0.05) is 19.7 Å². The van der Waals surface area contributed by atoms with Crippen LogP contribution in [0.2, 0.25) is 0 Å². The molecule has 1 unspecified atom stereocenters. The van der Waals surface area contributed by atoms with Gasteiger partial charge in [0.05, 0.1) is 6.10 Å². The highest BCUT2D eigenvalue weighted by Crippen LogP contribution is 2.10. The van der Waals surface area contributed by atoms with Crippen molar-refractivity contribution in [1.29, 1.82) is 0 Å². The third-order valence-corrected chi connectivity index (χ3v) is 2.41. The van der Waals surface area contributed by atoms with Crippen molar-refractivity contribution in [2.75, 3.05) is 13.7 Å². The lowest BCUT2D eigenvalue weighted by Crippen LogP contribution is -2.28. The summed E-state index contributed by atoms with van der Waals surface area (Å²) in [7, 11) is 1.74. The first kappa shape index (κ1) is 11.2. The molecule has 0 heterocycles. The topological polar surface area (TPSA) is 21.3 Å². The van der Waals surface area contributed by atoms with Crippen LogP contribution in [0, 0.1) is 0 Å². The fourth-order valence-corrected chi connectivity index (χ4v) is 1.29. The molecule has 0 amide bonds.